The van der Waals surface area contributed by atoms with Crippen molar-refractivity contribution >= 4 is 18.9 Å². The van der Waals surface area contributed by atoms with Crippen molar-refractivity contribution in [2.24, 2.45) is 0 Å². The quantitative estimate of drug-likeness (QED) is 0.279. The summed E-state index contributed by atoms with van der Waals surface area (Å²) >= 11 is 0. The summed E-state index contributed by atoms with van der Waals surface area (Å²) in [6.07, 6.45) is 0. The maximum atomic E-state index is 8.36. The molecule has 4 heteroatoms. The molecule has 0 rings (SSSR count). The topological polar surface area (TPSA) is 37.3 Å². The summed E-state index contributed by atoms with van der Waals surface area (Å²) < 4.78 is 0. The minimum absolute atomic E-state index is 0. The van der Waals surface area contributed by atoms with Gasteiger partial charge in [-0.1, -0.05) is 0 Å². The van der Waals surface area contributed by atoms with Crippen molar-refractivity contribution in [3.63, 3.8) is 0 Å². The molecule has 0 radical (unpaired) electrons. The fourth-order valence-electron chi connectivity index (χ4n) is 0. The molecule has 0 unspecified atom stereocenters. The summed E-state index contributed by atoms with van der Waals surface area (Å²) in [5, 5.41) is 6.89. The summed E-state index contributed by atoms with van der Waals surface area (Å²) in [6.45, 7) is -0.250. The monoisotopic (exact) mass is 122 g/mol. The number of hydrogen-bond acceptors (Lipinski definition) is 1. The Balaban J connectivity index is -0.00000000667. The van der Waals surface area contributed by atoms with E-state index in [1.165, 1.54) is 0 Å². The Labute approximate surface area is 80.3 Å². The first-order valence-electron chi connectivity index (χ1n) is 0.494. The molecule has 5 heavy (non-hydrogen) atoms. The van der Waals surface area contributed by atoms with Crippen LogP contribution in [-0.4, -0.2) is 11.6 Å². The van der Waals surface area contributed by atoms with Gasteiger partial charge < -0.3 is 6.53 Å². The summed E-state index contributed by atoms with van der Waals surface area (Å²) in [5.74, 6) is 0. The first-order valence-corrected chi connectivity index (χ1v) is 0.494. The third-order valence-electron chi connectivity index (χ3n) is 0. The second kappa shape index (κ2) is 18.2. The first kappa shape index (κ1) is 16.1. The van der Waals surface area contributed by atoms with E-state index < -0.39 is 0 Å². The molecule has 2 nitrogen and oxygen atoms in total. The van der Waals surface area contributed by atoms with Crippen LogP contribution in [0, 0.1) is 0 Å². The molecule has 0 saturated carbocycles. The van der Waals surface area contributed by atoms with E-state index in [9.17, 15) is 0 Å². The average Bonchev–Trinajstić information content (AvgIpc) is 0.918. The Hall–Kier alpha value is 1.40. The third-order valence-corrected chi connectivity index (χ3v) is 0. The zero-order valence-corrected chi connectivity index (χ0v) is 6.78. The molecule has 0 fully saturated rings. The van der Waals surface area contributed by atoms with Crippen LogP contribution in [0.4, 0.5) is 0 Å². The Morgan fingerprint density at radius 3 is 1.80 bits per heavy atom. The van der Waals surface area contributed by atoms with Crippen LogP contribution in [0.1, 0.15) is 1.43 Å². The number of hydrogen-bond donors (Lipinski definition) is 1. The standard InChI is InChI=1S/CH2O2.ClH.K.H/c2-1-3;;;/h1H,(H,2,3);1H;;/q;;+1;-1. The van der Waals surface area contributed by atoms with E-state index in [1.807, 2.05) is 0 Å². The van der Waals surface area contributed by atoms with Gasteiger partial charge in [0.25, 0.3) is 6.47 Å². The Morgan fingerprint density at radius 1 is 1.80 bits per heavy atom. The summed E-state index contributed by atoms with van der Waals surface area (Å²) in [4.78, 5) is 8.36. The third kappa shape index (κ3) is 31.9. The van der Waals surface area contributed by atoms with Gasteiger partial charge in [0, 0.05) is 0 Å². The fourth-order valence-corrected chi connectivity index (χ4v) is 0. The number of carbonyl (C=O) groups is 1. The molecule has 0 spiro atoms. The summed E-state index contributed by atoms with van der Waals surface area (Å²) in [7, 11) is 0. The van der Waals surface area contributed by atoms with Crippen LogP contribution in [0.2, 0.25) is 0 Å². The molecule has 0 aliphatic rings. The maximum Gasteiger partial charge on any atom is 1.00 e. The normalized spacial score (nSPS) is 2.40. The van der Waals surface area contributed by atoms with Crippen LogP contribution in [0.15, 0.2) is 0 Å². The van der Waals surface area contributed by atoms with Gasteiger partial charge in [-0.25, -0.2) is 0 Å². The molecular weight excluding hydrogens is 119 g/mol. The van der Waals surface area contributed by atoms with Gasteiger partial charge in [-0.05, 0) is 0 Å². The fraction of sp³-hybridized carbons (Fsp3) is 0. The predicted octanol–water partition coefficient (Wildman–Crippen LogP) is -2.76. The van der Waals surface area contributed by atoms with Crippen LogP contribution in [0.3, 0.4) is 0 Å². The van der Waals surface area contributed by atoms with E-state index in [0.29, 0.717) is 0 Å². The largest absolute Gasteiger partial charge is 1.00 e. The minimum Gasteiger partial charge on any atom is -1.00 e. The zero-order valence-electron chi connectivity index (χ0n) is 3.84. The van der Waals surface area contributed by atoms with Crippen molar-refractivity contribution in [3.05, 3.63) is 0 Å². The molecular formula is CH4ClKO2. The second-order valence-corrected chi connectivity index (χ2v) is 0.105. The van der Waals surface area contributed by atoms with Crippen molar-refractivity contribution in [1.82, 2.24) is 0 Å². The van der Waals surface area contributed by atoms with Crippen LogP contribution >= 0.6 is 12.4 Å². The predicted molar refractivity (Wildman–Crippen MR) is 17.1 cm³/mol. The van der Waals surface area contributed by atoms with Crippen LogP contribution < -0.4 is 51.4 Å². The van der Waals surface area contributed by atoms with Crippen LogP contribution in [0.25, 0.3) is 0 Å². The Morgan fingerprint density at radius 2 is 1.80 bits per heavy atom. The molecule has 0 aromatic rings. The van der Waals surface area contributed by atoms with E-state index in [0.717, 1.165) is 0 Å². The molecule has 1 N–H and O–H groups in total. The van der Waals surface area contributed by atoms with E-state index in [2.05, 4.69) is 0 Å². The average molecular weight is 123 g/mol. The molecule has 0 heterocycles. The molecule has 0 atom stereocenters. The SMILES string of the molecule is Cl.O=CO.[H-].[K+]. The van der Waals surface area contributed by atoms with E-state index in [-0.39, 0.29) is 71.7 Å². The summed E-state index contributed by atoms with van der Waals surface area (Å²) in [5.41, 5.74) is 0. The van der Waals surface area contributed by atoms with Gasteiger partial charge in [0.1, 0.15) is 0 Å². The van der Waals surface area contributed by atoms with Crippen LogP contribution in [0.5, 0.6) is 0 Å². The molecule has 0 bridgehead atoms. The minimum atomic E-state index is -0.250. The molecule has 0 saturated heterocycles. The number of halogens is 1. The maximum absolute atomic E-state index is 8.36. The van der Waals surface area contributed by atoms with Gasteiger partial charge in [-0.15, -0.1) is 12.4 Å². The van der Waals surface area contributed by atoms with Gasteiger partial charge in [-0.3, -0.25) is 4.79 Å². The molecule has 0 aliphatic carbocycles. The van der Waals surface area contributed by atoms with Gasteiger partial charge in [0.15, 0.2) is 0 Å². The van der Waals surface area contributed by atoms with Gasteiger partial charge in [-0.2, -0.15) is 0 Å². The van der Waals surface area contributed by atoms with Crippen molar-refractivity contribution in [3.8, 4) is 0 Å². The van der Waals surface area contributed by atoms with Crippen molar-refractivity contribution in [2.75, 3.05) is 0 Å². The van der Waals surface area contributed by atoms with E-state index >= 15 is 0 Å². The van der Waals surface area contributed by atoms with E-state index in [1.54, 1.807) is 0 Å². The number of carboxylic acid groups (broad SMARTS) is 1. The van der Waals surface area contributed by atoms with Crippen molar-refractivity contribution < 1.29 is 62.7 Å². The summed E-state index contributed by atoms with van der Waals surface area (Å²) in [6, 6.07) is 0. The molecule has 28 valence electrons. The van der Waals surface area contributed by atoms with E-state index in [4.69, 9.17) is 9.90 Å². The zero-order chi connectivity index (χ0) is 2.71. The Bertz CT molecular complexity index is 21.0. The second-order valence-electron chi connectivity index (χ2n) is 0.105. The van der Waals surface area contributed by atoms with Gasteiger partial charge in [0.2, 0.25) is 0 Å². The van der Waals surface area contributed by atoms with Crippen molar-refractivity contribution in [2.45, 2.75) is 0 Å². The van der Waals surface area contributed by atoms with Crippen LogP contribution in [-0.2, 0) is 4.79 Å². The van der Waals surface area contributed by atoms with Gasteiger partial charge in [0.05, 0.1) is 0 Å². The molecule has 0 aromatic heterocycles. The first-order chi connectivity index (χ1) is 1.41. The molecule has 0 aromatic carbocycles. The smallest absolute Gasteiger partial charge is 1.00 e. The Kier molecular flexibility index (Phi) is 58.7. The number of rotatable bonds is 0. The van der Waals surface area contributed by atoms with Gasteiger partial charge >= 0.3 is 51.4 Å². The van der Waals surface area contributed by atoms with Crippen molar-refractivity contribution in [1.29, 1.82) is 0 Å². The molecule has 0 aliphatic heterocycles. The molecule has 0 amide bonds.